The van der Waals surface area contributed by atoms with Crippen molar-refractivity contribution in [3.8, 4) is 17.2 Å². The molecule has 7 nitrogen and oxygen atoms in total. The molecule has 0 saturated carbocycles. The molecule has 2 atom stereocenters. The fraction of sp³-hybridized carbons (Fsp3) is 0.483. The largest absolute Gasteiger partial charge is 0.495 e. The van der Waals surface area contributed by atoms with E-state index in [-0.39, 0.29) is 11.7 Å². The summed E-state index contributed by atoms with van der Waals surface area (Å²) in [6.07, 6.45) is 7.96. The second kappa shape index (κ2) is 10.1. The Morgan fingerprint density at radius 1 is 1.00 bits per heavy atom. The maximum Gasteiger partial charge on any atom is 0.262 e. The second-order valence-corrected chi connectivity index (χ2v) is 10.2. The number of hydrogen-bond donors (Lipinski definition) is 0. The molecule has 6 rings (SSSR count). The monoisotopic (exact) mass is 489 g/mol. The highest BCUT2D eigenvalue weighted by atomic mass is 16.5. The average molecular weight is 490 g/mol. The molecule has 3 aliphatic heterocycles. The van der Waals surface area contributed by atoms with E-state index in [1.165, 1.54) is 32.4 Å². The number of ether oxygens (including phenoxy) is 3. The van der Waals surface area contributed by atoms with Gasteiger partial charge in [-0.1, -0.05) is 0 Å². The molecule has 1 aromatic heterocycles. The fourth-order valence-electron chi connectivity index (χ4n) is 5.93. The van der Waals surface area contributed by atoms with Gasteiger partial charge in [-0.25, -0.2) is 0 Å². The van der Waals surface area contributed by atoms with E-state index in [9.17, 15) is 4.79 Å². The van der Waals surface area contributed by atoms with E-state index in [4.69, 9.17) is 14.2 Å². The third-order valence-electron chi connectivity index (χ3n) is 7.94. The lowest BCUT2D eigenvalue weighted by atomic mass is 10.1. The molecule has 3 fully saturated rings. The third-order valence-corrected chi connectivity index (χ3v) is 7.94. The molecule has 4 heterocycles. The van der Waals surface area contributed by atoms with Crippen LogP contribution >= 0.6 is 0 Å². The predicted octanol–water partition coefficient (Wildman–Crippen LogP) is 4.23. The Bertz CT molecular complexity index is 1280. The second-order valence-electron chi connectivity index (χ2n) is 10.2. The summed E-state index contributed by atoms with van der Waals surface area (Å²) in [6.45, 7) is 5.87. The normalized spacial score (nSPS) is 22.5. The molecular formula is C29H35N3O4. The zero-order chi connectivity index (χ0) is 24.5. The number of likely N-dealkylation sites (tertiary alicyclic amines) is 1. The first kappa shape index (κ1) is 23.4. The van der Waals surface area contributed by atoms with Gasteiger partial charge in [0, 0.05) is 43.4 Å². The summed E-state index contributed by atoms with van der Waals surface area (Å²) in [5.41, 5.74) is 1.85. The van der Waals surface area contributed by atoms with Gasteiger partial charge >= 0.3 is 0 Å². The number of rotatable bonds is 7. The topological polar surface area (TPSA) is 56.2 Å². The summed E-state index contributed by atoms with van der Waals surface area (Å²) in [7, 11) is 1.71. The van der Waals surface area contributed by atoms with E-state index in [0.29, 0.717) is 18.0 Å². The minimum atomic E-state index is -0.0525. The van der Waals surface area contributed by atoms with Crippen LogP contribution in [0.5, 0.6) is 11.5 Å². The third kappa shape index (κ3) is 4.58. The van der Waals surface area contributed by atoms with Crippen LogP contribution in [0.2, 0.25) is 0 Å². The van der Waals surface area contributed by atoms with E-state index >= 15 is 0 Å². The molecule has 0 N–H and O–H groups in total. The molecule has 0 amide bonds. The average Bonchev–Trinajstić information content (AvgIpc) is 3.70. The minimum Gasteiger partial charge on any atom is -0.495 e. The van der Waals surface area contributed by atoms with Crippen LogP contribution in [-0.4, -0.2) is 68.1 Å². The zero-order valence-electron chi connectivity index (χ0n) is 21.0. The van der Waals surface area contributed by atoms with Gasteiger partial charge in [-0.15, -0.1) is 0 Å². The van der Waals surface area contributed by atoms with Crippen molar-refractivity contribution >= 4 is 16.5 Å². The van der Waals surface area contributed by atoms with Gasteiger partial charge in [0.2, 0.25) is 0 Å². The summed E-state index contributed by atoms with van der Waals surface area (Å²) in [5, 5.41) is 1.53. The maximum atomic E-state index is 13.4. The highest BCUT2D eigenvalue weighted by Gasteiger charge is 2.30. The first-order valence-corrected chi connectivity index (χ1v) is 13.3. The minimum absolute atomic E-state index is 0.0525. The van der Waals surface area contributed by atoms with Crippen molar-refractivity contribution < 1.29 is 14.2 Å². The molecule has 0 unspecified atom stereocenters. The molecule has 0 spiro atoms. The molecule has 0 aliphatic carbocycles. The number of aromatic nitrogens is 1. The lowest BCUT2D eigenvalue weighted by molar-refractivity contribution is 0.0680. The van der Waals surface area contributed by atoms with E-state index in [1.54, 1.807) is 11.7 Å². The van der Waals surface area contributed by atoms with Crippen LogP contribution in [0.3, 0.4) is 0 Å². The van der Waals surface area contributed by atoms with Gasteiger partial charge in [0.15, 0.2) is 0 Å². The predicted molar refractivity (Wildman–Crippen MR) is 142 cm³/mol. The van der Waals surface area contributed by atoms with Crippen molar-refractivity contribution in [2.45, 2.75) is 44.2 Å². The molecule has 0 bridgehead atoms. The Labute approximate surface area is 212 Å². The van der Waals surface area contributed by atoms with Gasteiger partial charge in [-0.2, -0.15) is 0 Å². The van der Waals surface area contributed by atoms with Crippen molar-refractivity contribution in [1.29, 1.82) is 0 Å². The van der Waals surface area contributed by atoms with Crippen LogP contribution in [0.4, 0.5) is 5.69 Å². The molecule has 3 aromatic rings. The van der Waals surface area contributed by atoms with Crippen LogP contribution in [0.25, 0.3) is 16.5 Å². The first-order valence-electron chi connectivity index (χ1n) is 13.3. The quantitative estimate of drug-likeness (QED) is 0.495. The summed E-state index contributed by atoms with van der Waals surface area (Å²) in [4.78, 5) is 18.4. The lowest BCUT2D eigenvalue weighted by Gasteiger charge is -2.25. The van der Waals surface area contributed by atoms with Gasteiger partial charge in [0.05, 0.1) is 24.6 Å². The van der Waals surface area contributed by atoms with Gasteiger partial charge in [0.25, 0.3) is 5.56 Å². The number of fused-ring (bicyclic) bond motifs is 1. The summed E-state index contributed by atoms with van der Waals surface area (Å²) < 4.78 is 19.1. The molecule has 3 saturated heterocycles. The number of pyridine rings is 1. The van der Waals surface area contributed by atoms with Gasteiger partial charge < -0.3 is 19.1 Å². The highest BCUT2D eigenvalue weighted by molar-refractivity contribution is 5.83. The molecule has 2 aromatic carbocycles. The summed E-state index contributed by atoms with van der Waals surface area (Å²) in [6, 6.07) is 14.3. The maximum absolute atomic E-state index is 13.4. The Hall–Kier alpha value is -3.03. The highest BCUT2D eigenvalue weighted by Crippen LogP contribution is 2.34. The molecule has 7 heteroatoms. The van der Waals surface area contributed by atoms with Crippen LogP contribution in [-0.2, 0) is 4.74 Å². The zero-order valence-corrected chi connectivity index (χ0v) is 21.0. The standard InChI is InChI=1S/C29H35N3O4/c1-34-28-18-22(6-9-27(28)31-14-11-23(19-31)30-12-2-3-13-30)32-15-10-21-17-24(7-8-26(21)29(32)33)36-20-25-5-4-16-35-25/h6-10,15,17-18,23,25H,2-5,11-14,16,19-20H2,1H3/t23-,25+/m1/s1. The molecular weight excluding hydrogens is 454 g/mol. The van der Waals surface area contributed by atoms with Crippen LogP contribution in [0.1, 0.15) is 32.1 Å². The van der Waals surface area contributed by atoms with Crippen molar-refractivity contribution in [2.75, 3.05) is 51.4 Å². The van der Waals surface area contributed by atoms with Crippen LogP contribution in [0.15, 0.2) is 53.5 Å². The number of anilines is 1. The molecule has 3 aliphatic rings. The SMILES string of the molecule is COc1cc(-n2ccc3cc(OC[C@@H]4CCCO4)ccc3c2=O)ccc1N1CC[C@@H](N2CCCC2)C1. The smallest absolute Gasteiger partial charge is 0.262 e. The Morgan fingerprint density at radius 2 is 1.89 bits per heavy atom. The summed E-state index contributed by atoms with van der Waals surface area (Å²) in [5.74, 6) is 1.57. The number of hydrogen-bond acceptors (Lipinski definition) is 6. The number of nitrogens with zero attached hydrogens (tertiary/aromatic N) is 3. The van der Waals surface area contributed by atoms with Crippen molar-refractivity contribution in [3.05, 3.63) is 59.0 Å². The van der Waals surface area contributed by atoms with Crippen molar-refractivity contribution in [3.63, 3.8) is 0 Å². The van der Waals surface area contributed by atoms with Gasteiger partial charge in [0.1, 0.15) is 18.1 Å². The lowest BCUT2D eigenvalue weighted by Crippen LogP contribution is -2.35. The van der Waals surface area contributed by atoms with Gasteiger partial charge in [-0.3, -0.25) is 14.3 Å². The van der Waals surface area contributed by atoms with E-state index in [1.807, 2.05) is 42.6 Å². The summed E-state index contributed by atoms with van der Waals surface area (Å²) >= 11 is 0. The Kier molecular flexibility index (Phi) is 6.59. The number of methoxy groups -OCH3 is 1. The molecule has 190 valence electrons. The Morgan fingerprint density at radius 3 is 2.69 bits per heavy atom. The van der Waals surface area contributed by atoms with Crippen LogP contribution < -0.4 is 19.9 Å². The van der Waals surface area contributed by atoms with Crippen molar-refractivity contribution in [2.24, 2.45) is 0 Å². The van der Waals surface area contributed by atoms with Gasteiger partial charge in [-0.05, 0) is 87.0 Å². The number of benzene rings is 2. The van der Waals surface area contributed by atoms with Crippen LogP contribution in [0, 0.1) is 0 Å². The molecule has 36 heavy (non-hydrogen) atoms. The van der Waals surface area contributed by atoms with E-state index < -0.39 is 0 Å². The first-order chi connectivity index (χ1) is 17.7. The molecule has 0 radical (unpaired) electrons. The fourth-order valence-corrected chi connectivity index (χ4v) is 5.93. The van der Waals surface area contributed by atoms with E-state index in [2.05, 4.69) is 15.9 Å². The Balaban J connectivity index is 1.22. The van der Waals surface area contributed by atoms with Crippen molar-refractivity contribution in [1.82, 2.24) is 9.47 Å². The van der Waals surface area contributed by atoms with E-state index in [0.717, 1.165) is 60.8 Å².